The zero-order chi connectivity index (χ0) is 17.3. The summed E-state index contributed by atoms with van der Waals surface area (Å²) in [6.07, 6.45) is 0.546. The number of fused-ring (bicyclic) bond motifs is 1. The van der Waals surface area contributed by atoms with Gasteiger partial charge in [-0.05, 0) is 42.7 Å². The van der Waals surface area contributed by atoms with Gasteiger partial charge in [0.1, 0.15) is 11.7 Å². The highest BCUT2D eigenvalue weighted by Gasteiger charge is 2.40. The number of carboxylic acid groups (broad SMARTS) is 1. The molecular formula is C19H18FNO3. The van der Waals surface area contributed by atoms with Crippen molar-refractivity contribution < 1.29 is 19.1 Å². The Balaban J connectivity index is 1.86. The maximum absolute atomic E-state index is 13.0. The molecule has 1 amide bonds. The van der Waals surface area contributed by atoms with Gasteiger partial charge in [-0.1, -0.05) is 30.3 Å². The van der Waals surface area contributed by atoms with Gasteiger partial charge in [0, 0.05) is 18.2 Å². The summed E-state index contributed by atoms with van der Waals surface area (Å²) < 4.78 is 13.0. The van der Waals surface area contributed by atoms with Crippen LogP contribution in [0.3, 0.4) is 0 Å². The first-order valence-electron chi connectivity index (χ1n) is 7.86. The molecule has 1 N–H and O–H groups in total. The molecule has 4 nitrogen and oxygen atoms in total. The van der Waals surface area contributed by atoms with Gasteiger partial charge >= 0.3 is 5.97 Å². The fourth-order valence-electron chi connectivity index (χ4n) is 3.29. The molecule has 0 saturated carbocycles. The van der Waals surface area contributed by atoms with Crippen molar-refractivity contribution in [3.63, 3.8) is 0 Å². The Labute approximate surface area is 139 Å². The van der Waals surface area contributed by atoms with Crippen LogP contribution in [0.25, 0.3) is 0 Å². The van der Waals surface area contributed by atoms with E-state index in [4.69, 9.17) is 0 Å². The Hall–Kier alpha value is -2.69. The third kappa shape index (κ3) is 2.89. The van der Waals surface area contributed by atoms with Crippen molar-refractivity contribution in [2.75, 3.05) is 6.54 Å². The first-order valence-corrected chi connectivity index (χ1v) is 7.86. The predicted octanol–water partition coefficient (Wildman–Crippen LogP) is 3.08. The fourth-order valence-corrected chi connectivity index (χ4v) is 3.29. The van der Waals surface area contributed by atoms with E-state index in [2.05, 4.69) is 0 Å². The van der Waals surface area contributed by atoms with Crippen LogP contribution in [-0.2, 0) is 11.2 Å². The van der Waals surface area contributed by atoms with Crippen LogP contribution < -0.4 is 0 Å². The molecule has 0 spiro atoms. The highest BCUT2D eigenvalue weighted by Crippen LogP contribution is 2.33. The average molecular weight is 327 g/mol. The van der Waals surface area contributed by atoms with Crippen molar-refractivity contribution in [3.05, 3.63) is 71.0 Å². The molecule has 0 aromatic heterocycles. The lowest BCUT2D eigenvalue weighted by atomic mass is 9.83. The van der Waals surface area contributed by atoms with Gasteiger partial charge in [0.25, 0.3) is 5.91 Å². The summed E-state index contributed by atoms with van der Waals surface area (Å²) in [6.45, 7) is 2.15. The van der Waals surface area contributed by atoms with Crippen molar-refractivity contribution in [1.82, 2.24) is 4.90 Å². The molecule has 2 atom stereocenters. The van der Waals surface area contributed by atoms with Crippen LogP contribution in [0.4, 0.5) is 4.39 Å². The molecule has 1 heterocycles. The number of hydrogen-bond acceptors (Lipinski definition) is 2. The fraction of sp³-hybridized carbons (Fsp3) is 0.263. The zero-order valence-corrected chi connectivity index (χ0v) is 13.3. The second-order valence-corrected chi connectivity index (χ2v) is 6.02. The van der Waals surface area contributed by atoms with E-state index in [0.717, 1.165) is 5.56 Å². The zero-order valence-electron chi connectivity index (χ0n) is 13.3. The molecule has 2 aromatic carbocycles. The van der Waals surface area contributed by atoms with Crippen molar-refractivity contribution >= 4 is 11.9 Å². The van der Waals surface area contributed by atoms with E-state index in [1.165, 1.54) is 12.1 Å². The molecule has 0 saturated heterocycles. The van der Waals surface area contributed by atoms with Gasteiger partial charge in [-0.25, -0.2) is 4.39 Å². The van der Waals surface area contributed by atoms with Crippen molar-refractivity contribution in [1.29, 1.82) is 0 Å². The third-order valence-corrected chi connectivity index (χ3v) is 4.58. The van der Waals surface area contributed by atoms with Crippen LogP contribution in [0.5, 0.6) is 0 Å². The van der Waals surface area contributed by atoms with E-state index in [0.29, 0.717) is 24.1 Å². The van der Waals surface area contributed by atoms with E-state index in [9.17, 15) is 19.1 Å². The van der Waals surface area contributed by atoms with Gasteiger partial charge in [-0.3, -0.25) is 9.59 Å². The summed E-state index contributed by atoms with van der Waals surface area (Å²) in [5.74, 6) is -2.14. The van der Waals surface area contributed by atoms with E-state index in [1.807, 2.05) is 0 Å². The van der Waals surface area contributed by atoms with Crippen LogP contribution in [0.1, 0.15) is 34.3 Å². The minimum atomic E-state index is -0.936. The monoisotopic (exact) mass is 327 g/mol. The molecule has 2 aromatic rings. The van der Waals surface area contributed by atoms with Gasteiger partial charge in [0.15, 0.2) is 0 Å². The summed E-state index contributed by atoms with van der Waals surface area (Å²) in [4.78, 5) is 26.1. The Bertz CT molecular complexity index is 772. The predicted molar refractivity (Wildman–Crippen MR) is 87.4 cm³/mol. The van der Waals surface area contributed by atoms with Crippen molar-refractivity contribution in [2.24, 2.45) is 0 Å². The number of amides is 1. The molecule has 124 valence electrons. The Kier molecular flexibility index (Phi) is 4.34. The number of nitrogens with zero attached hydrogens (tertiary/aromatic N) is 1. The second kappa shape index (κ2) is 6.43. The minimum absolute atomic E-state index is 0.155. The summed E-state index contributed by atoms with van der Waals surface area (Å²) in [7, 11) is 0. The SMILES string of the molecule is CC1C(C(=O)O)c2ccccc2C(=O)N1CCc1ccc(F)cc1. The molecular weight excluding hydrogens is 309 g/mol. The van der Waals surface area contributed by atoms with E-state index in [1.54, 1.807) is 48.2 Å². The lowest BCUT2D eigenvalue weighted by molar-refractivity contribution is -0.140. The van der Waals surface area contributed by atoms with Crippen LogP contribution in [0, 0.1) is 5.82 Å². The smallest absolute Gasteiger partial charge is 0.313 e. The van der Waals surface area contributed by atoms with Crippen LogP contribution in [0.15, 0.2) is 48.5 Å². The highest BCUT2D eigenvalue weighted by atomic mass is 19.1. The molecule has 5 heteroatoms. The highest BCUT2D eigenvalue weighted by molar-refractivity contribution is 6.00. The minimum Gasteiger partial charge on any atom is -0.481 e. The van der Waals surface area contributed by atoms with Gasteiger partial charge in [0.2, 0.25) is 0 Å². The molecule has 1 aliphatic rings. The van der Waals surface area contributed by atoms with Crippen LogP contribution in [0.2, 0.25) is 0 Å². The number of benzene rings is 2. The first-order chi connectivity index (χ1) is 11.5. The van der Waals surface area contributed by atoms with E-state index < -0.39 is 17.9 Å². The third-order valence-electron chi connectivity index (χ3n) is 4.58. The molecule has 0 aliphatic carbocycles. The quantitative estimate of drug-likeness (QED) is 0.939. The Morgan fingerprint density at radius 2 is 1.83 bits per heavy atom. The lowest BCUT2D eigenvalue weighted by Crippen LogP contribution is -2.49. The maximum atomic E-state index is 13.0. The number of hydrogen-bond donors (Lipinski definition) is 1. The molecule has 1 aliphatic heterocycles. The summed E-state index contributed by atoms with van der Waals surface area (Å²) in [5.41, 5.74) is 1.92. The molecule has 0 fully saturated rings. The number of carbonyl (C=O) groups is 2. The topological polar surface area (TPSA) is 57.6 Å². The molecule has 0 bridgehead atoms. The van der Waals surface area contributed by atoms with Gasteiger partial charge in [-0.15, -0.1) is 0 Å². The summed E-state index contributed by atoms with van der Waals surface area (Å²) in [5, 5.41) is 9.60. The largest absolute Gasteiger partial charge is 0.481 e. The first kappa shape index (κ1) is 16.2. The molecule has 24 heavy (non-hydrogen) atoms. The summed E-state index contributed by atoms with van der Waals surface area (Å²) >= 11 is 0. The second-order valence-electron chi connectivity index (χ2n) is 6.02. The lowest BCUT2D eigenvalue weighted by Gasteiger charge is -2.38. The summed E-state index contributed by atoms with van der Waals surface area (Å²) in [6, 6.07) is 12.5. The number of halogens is 1. The van der Waals surface area contributed by atoms with Crippen molar-refractivity contribution in [2.45, 2.75) is 25.3 Å². The normalized spacial score (nSPS) is 19.9. The number of aliphatic carboxylic acids is 1. The number of carbonyl (C=O) groups excluding carboxylic acids is 1. The maximum Gasteiger partial charge on any atom is 0.313 e. The molecule has 0 radical (unpaired) electrons. The van der Waals surface area contributed by atoms with E-state index >= 15 is 0 Å². The number of rotatable bonds is 4. The van der Waals surface area contributed by atoms with Gasteiger partial charge < -0.3 is 10.0 Å². The molecule has 2 unspecified atom stereocenters. The van der Waals surface area contributed by atoms with Crippen molar-refractivity contribution in [3.8, 4) is 0 Å². The van der Waals surface area contributed by atoms with Gasteiger partial charge in [-0.2, -0.15) is 0 Å². The Morgan fingerprint density at radius 3 is 2.50 bits per heavy atom. The average Bonchev–Trinajstić information content (AvgIpc) is 2.56. The van der Waals surface area contributed by atoms with Crippen LogP contribution >= 0.6 is 0 Å². The van der Waals surface area contributed by atoms with Crippen LogP contribution in [-0.4, -0.2) is 34.5 Å². The van der Waals surface area contributed by atoms with Gasteiger partial charge in [0.05, 0.1) is 0 Å². The Morgan fingerprint density at radius 1 is 1.17 bits per heavy atom. The molecule has 3 rings (SSSR count). The standard InChI is InChI=1S/C19H18FNO3/c1-12-17(19(23)24)15-4-2-3-5-16(15)18(22)21(12)11-10-13-6-8-14(20)9-7-13/h2-9,12,17H,10-11H2,1H3,(H,23,24). The van der Waals surface area contributed by atoms with E-state index in [-0.39, 0.29) is 11.7 Å². The number of carboxylic acids is 1.